The highest BCUT2D eigenvalue weighted by molar-refractivity contribution is 5.03. The molecule has 0 bridgehead atoms. The lowest BCUT2D eigenvalue weighted by atomic mass is 10.1. The van der Waals surface area contributed by atoms with Crippen LogP contribution in [-0.2, 0) is 6.54 Å². The van der Waals surface area contributed by atoms with Crippen LogP contribution in [0.25, 0.3) is 0 Å². The van der Waals surface area contributed by atoms with Gasteiger partial charge in [0.25, 0.3) is 0 Å². The van der Waals surface area contributed by atoms with Gasteiger partial charge in [-0.2, -0.15) is 5.10 Å². The van der Waals surface area contributed by atoms with Crippen LogP contribution in [0.2, 0.25) is 0 Å². The van der Waals surface area contributed by atoms with E-state index in [1.54, 1.807) is 6.33 Å². The summed E-state index contributed by atoms with van der Waals surface area (Å²) in [6.07, 6.45) is 9.15. The highest BCUT2D eigenvalue weighted by Gasteiger charge is 2.28. The Bertz CT molecular complexity index is 433. The summed E-state index contributed by atoms with van der Waals surface area (Å²) in [7, 11) is 0. The largest absolute Gasteiger partial charge is 0.295 e. The normalized spacial score (nSPS) is 17.2. The summed E-state index contributed by atoms with van der Waals surface area (Å²) in [4.78, 5) is 10.4. The third-order valence-electron chi connectivity index (χ3n) is 2.86. The molecule has 16 heavy (non-hydrogen) atoms. The van der Waals surface area contributed by atoms with Gasteiger partial charge in [0, 0.05) is 50.0 Å². The molecule has 2 aromatic heterocycles. The van der Waals surface area contributed by atoms with Crippen molar-refractivity contribution in [2.24, 2.45) is 0 Å². The highest BCUT2D eigenvalue weighted by atomic mass is 15.4. The Morgan fingerprint density at radius 3 is 2.75 bits per heavy atom. The van der Waals surface area contributed by atoms with E-state index in [1.807, 2.05) is 35.5 Å². The predicted molar refractivity (Wildman–Crippen MR) is 58.6 cm³/mol. The first-order chi connectivity index (χ1) is 7.92. The third kappa shape index (κ3) is 1.81. The average Bonchev–Trinajstić information content (AvgIpc) is 2.77. The molecule has 0 saturated carbocycles. The van der Waals surface area contributed by atoms with Crippen molar-refractivity contribution in [1.82, 2.24) is 24.6 Å². The molecule has 0 N–H and O–H groups in total. The Morgan fingerprint density at radius 1 is 1.25 bits per heavy atom. The van der Waals surface area contributed by atoms with Crippen molar-refractivity contribution >= 4 is 0 Å². The molecule has 2 aromatic rings. The van der Waals surface area contributed by atoms with Crippen LogP contribution in [0, 0.1) is 0 Å². The molecule has 0 aromatic carbocycles. The Kier molecular flexibility index (Phi) is 2.38. The molecule has 0 spiro atoms. The van der Waals surface area contributed by atoms with Gasteiger partial charge in [-0.3, -0.25) is 9.58 Å². The van der Waals surface area contributed by atoms with E-state index in [1.165, 1.54) is 5.56 Å². The number of nitrogens with zero attached hydrogens (tertiary/aromatic N) is 5. The molecule has 0 aliphatic carbocycles. The quantitative estimate of drug-likeness (QED) is 0.757. The molecule has 0 unspecified atom stereocenters. The Hall–Kier alpha value is -1.75. The smallest absolute Gasteiger partial charge is 0.115 e. The summed E-state index contributed by atoms with van der Waals surface area (Å²) in [5.74, 6) is 0. The number of aromatic nitrogens is 4. The van der Waals surface area contributed by atoms with Gasteiger partial charge >= 0.3 is 0 Å². The van der Waals surface area contributed by atoms with Crippen LogP contribution in [0.5, 0.6) is 0 Å². The fourth-order valence-corrected chi connectivity index (χ4v) is 2.01. The van der Waals surface area contributed by atoms with Crippen molar-refractivity contribution in [2.75, 3.05) is 13.1 Å². The summed E-state index contributed by atoms with van der Waals surface area (Å²) >= 11 is 0. The molecule has 1 fully saturated rings. The Labute approximate surface area is 93.7 Å². The molecule has 0 amide bonds. The van der Waals surface area contributed by atoms with Gasteiger partial charge in [-0.1, -0.05) is 0 Å². The second kappa shape index (κ2) is 4.02. The van der Waals surface area contributed by atoms with Crippen LogP contribution in [0.1, 0.15) is 11.6 Å². The van der Waals surface area contributed by atoms with E-state index in [4.69, 9.17) is 0 Å². The zero-order valence-corrected chi connectivity index (χ0v) is 8.90. The fourth-order valence-electron chi connectivity index (χ4n) is 2.01. The van der Waals surface area contributed by atoms with E-state index in [2.05, 4.69) is 20.0 Å². The SMILES string of the molecule is c1cnn(C2CN(Cc3cncnc3)C2)c1. The van der Waals surface area contributed by atoms with Gasteiger partial charge in [0.2, 0.25) is 0 Å². The van der Waals surface area contributed by atoms with Crippen LogP contribution in [0.15, 0.2) is 37.2 Å². The van der Waals surface area contributed by atoms with Crippen LogP contribution in [0.3, 0.4) is 0 Å². The molecule has 1 saturated heterocycles. The Morgan fingerprint density at radius 2 is 2.06 bits per heavy atom. The van der Waals surface area contributed by atoms with Gasteiger partial charge < -0.3 is 0 Å². The van der Waals surface area contributed by atoms with Gasteiger partial charge in [-0.05, 0) is 6.07 Å². The monoisotopic (exact) mass is 215 g/mol. The highest BCUT2D eigenvalue weighted by Crippen LogP contribution is 2.21. The average molecular weight is 215 g/mol. The topological polar surface area (TPSA) is 46.8 Å². The standard InChI is InChI=1S/C11H13N5/c1-2-14-16(3-1)11-7-15(8-11)6-10-4-12-9-13-5-10/h1-5,9,11H,6-8H2. The molecular weight excluding hydrogens is 202 g/mol. The maximum atomic E-state index is 4.25. The Balaban J connectivity index is 1.55. The molecule has 82 valence electrons. The van der Waals surface area contributed by atoms with Gasteiger partial charge in [0.05, 0.1) is 6.04 Å². The maximum absolute atomic E-state index is 4.25. The third-order valence-corrected chi connectivity index (χ3v) is 2.86. The molecule has 3 heterocycles. The first-order valence-electron chi connectivity index (χ1n) is 5.37. The number of rotatable bonds is 3. The lowest BCUT2D eigenvalue weighted by Crippen LogP contribution is -2.47. The summed E-state index contributed by atoms with van der Waals surface area (Å²) in [5, 5.41) is 4.25. The van der Waals surface area contributed by atoms with Crippen molar-refractivity contribution in [3.05, 3.63) is 42.7 Å². The van der Waals surface area contributed by atoms with Gasteiger partial charge in [0.15, 0.2) is 0 Å². The molecular formula is C11H13N5. The van der Waals surface area contributed by atoms with Crippen molar-refractivity contribution in [3.63, 3.8) is 0 Å². The fraction of sp³-hybridized carbons (Fsp3) is 0.364. The summed E-state index contributed by atoms with van der Waals surface area (Å²) in [6, 6.07) is 2.49. The van der Waals surface area contributed by atoms with E-state index < -0.39 is 0 Å². The van der Waals surface area contributed by atoms with E-state index in [0.717, 1.165) is 19.6 Å². The molecule has 0 radical (unpaired) electrons. The van der Waals surface area contributed by atoms with Crippen molar-refractivity contribution < 1.29 is 0 Å². The van der Waals surface area contributed by atoms with E-state index >= 15 is 0 Å². The number of likely N-dealkylation sites (tertiary alicyclic amines) is 1. The van der Waals surface area contributed by atoms with E-state index in [-0.39, 0.29) is 0 Å². The van der Waals surface area contributed by atoms with Crippen molar-refractivity contribution in [3.8, 4) is 0 Å². The molecule has 0 atom stereocenters. The lowest BCUT2D eigenvalue weighted by molar-refractivity contribution is 0.0907. The second-order valence-electron chi connectivity index (χ2n) is 4.08. The predicted octanol–water partition coefficient (Wildman–Crippen LogP) is 0.730. The number of hydrogen-bond acceptors (Lipinski definition) is 4. The first-order valence-corrected chi connectivity index (χ1v) is 5.37. The summed E-state index contributed by atoms with van der Waals surface area (Å²) in [5.41, 5.74) is 1.17. The van der Waals surface area contributed by atoms with Crippen LogP contribution < -0.4 is 0 Å². The molecule has 5 heteroatoms. The van der Waals surface area contributed by atoms with Crippen LogP contribution in [0.4, 0.5) is 0 Å². The second-order valence-corrected chi connectivity index (χ2v) is 4.08. The molecule has 5 nitrogen and oxygen atoms in total. The van der Waals surface area contributed by atoms with E-state index in [0.29, 0.717) is 6.04 Å². The lowest BCUT2D eigenvalue weighted by Gasteiger charge is -2.39. The van der Waals surface area contributed by atoms with Crippen LogP contribution in [-0.4, -0.2) is 37.7 Å². The minimum absolute atomic E-state index is 0.527. The summed E-state index contributed by atoms with van der Waals surface area (Å²) in [6.45, 7) is 3.03. The van der Waals surface area contributed by atoms with E-state index in [9.17, 15) is 0 Å². The minimum atomic E-state index is 0.527. The molecule has 1 aliphatic heterocycles. The van der Waals surface area contributed by atoms with Gasteiger partial charge in [-0.25, -0.2) is 9.97 Å². The first kappa shape index (κ1) is 9.47. The minimum Gasteiger partial charge on any atom is -0.295 e. The zero-order valence-electron chi connectivity index (χ0n) is 8.90. The molecule has 1 aliphatic rings. The van der Waals surface area contributed by atoms with Crippen molar-refractivity contribution in [2.45, 2.75) is 12.6 Å². The number of hydrogen-bond donors (Lipinski definition) is 0. The zero-order chi connectivity index (χ0) is 10.8. The summed E-state index contributed by atoms with van der Waals surface area (Å²) < 4.78 is 2.03. The maximum Gasteiger partial charge on any atom is 0.115 e. The van der Waals surface area contributed by atoms with Crippen LogP contribution >= 0.6 is 0 Å². The van der Waals surface area contributed by atoms with Crippen molar-refractivity contribution in [1.29, 1.82) is 0 Å². The van der Waals surface area contributed by atoms with Gasteiger partial charge in [-0.15, -0.1) is 0 Å². The van der Waals surface area contributed by atoms with Gasteiger partial charge in [0.1, 0.15) is 6.33 Å². The molecule has 3 rings (SSSR count).